The number of ketones is 1. The van der Waals surface area contributed by atoms with Crippen molar-refractivity contribution in [1.29, 1.82) is 5.26 Å². The molecule has 0 unspecified atom stereocenters. The average Bonchev–Trinajstić information content (AvgIpc) is 2.66. The summed E-state index contributed by atoms with van der Waals surface area (Å²) in [6, 6.07) is 9.79. The van der Waals surface area contributed by atoms with E-state index in [4.69, 9.17) is 4.74 Å². The third-order valence-electron chi connectivity index (χ3n) is 3.89. The highest BCUT2D eigenvalue weighted by atomic mass is 32.2. The molecule has 8 nitrogen and oxygen atoms in total. The summed E-state index contributed by atoms with van der Waals surface area (Å²) in [5.74, 6) is -1.68. The number of para-hydroxylation sites is 1. The summed E-state index contributed by atoms with van der Waals surface area (Å²) < 4.78 is 5.11. The fraction of sp³-hybridized carbons (Fsp3) is 0.250. The van der Waals surface area contributed by atoms with E-state index >= 15 is 0 Å². The Labute approximate surface area is 171 Å². The van der Waals surface area contributed by atoms with E-state index in [0.29, 0.717) is 16.8 Å². The normalized spacial score (nSPS) is 11.2. The Balaban J connectivity index is 1.98. The van der Waals surface area contributed by atoms with Crippen LogP contribution in [-0.4, -0.2) is 34.5 Å². The summed E-state index contributed by atoms with van der Waals surface area (Å²) in [7, 11) is 0. The number of aromatic nitrogens is 1. The number of carbonyl (C=O) groups excluding carboxylic acids is 3. The number of aryl methyl sites for hydroxylation is 1. The van der Waals surface area contributed by atoms with Crippen molar-refractivity contribution in [2.24, 2.45) is 0 Å². The van der Waals surface area contributed by atoms with Crippen LogP contribution in [0.25, 0.3) is 0 Å². The molecule has 0 aliphatic heterocycles. The quantitative estimate of drug-likeness (QED) is 0.405. The smallest absolute Gasteiger partial charge is 0.317 e. The number of ether oxygens (including phenoxy) is 1. The maximum atomic E-state index is 12.3. The summed E-state index contributed by atoms with van der Waals surface area (Å²) in [5, 5.41) is 12.0. The predicted octanol–water partition coefficient (Wildman–Crippen LogP) is 2.42. The van der Waals surface area contributed by atoms with Crippen LogP contribution in [0.5, 0.6) is 0 Å². The van der Waals surface area contributed by atoms with Crippen LogP contribution in [0.4, 0.5) is 5.69 Å². The molecule has 1 atom stereocenters. The molecule has 0 aliphatic carbocycles. The van der Waals surface area contributed by atoms with Gasteiger partial charge in [0.2, 0.25) is 5.56 Å². The summed E-state index contributed by atoms with van der Waals surface area (Å²) in [4.78, 5) is 50.1. The minimum atomic E-state index is -1.10. The monoisotopic (exact) mass is 413 g/mol. The van der Waals surface area contributed by atoms with E-state index in [0.717, 1.165) is 11.8 Å². The van der Waals surface area contributed by atoms with Crippen molar-refractivity contribution in [3.8, 4) is 6.07 Å². The molecule has 2 N–H and O–H groups in total. The number of anilines is 1. The number of amides is 1. The number of carbonyl (C=O) groups is 3. The lowest BCUT2D eigenvalue weighted by Gasteiger charge is -2.15. The number of aromatic amines is 1. The van der Waals surface area contributed by atoms with Gasteiger partial charge in [-0.1, -0.05) is 23.9 Å². The van der Waals surface area contributed by atoms with Gasteiger partial charge in [0, 0.05) is 11.6 Å². The molecule has 150 valence electrons. The van der Waals surface area contributed by atoms with Gasteiger partial charge in [-0.3, -0.25) is 19.2 Å². The van der Waals surface area contributed by atoms with Crippen molar-refractivity contribution in [2.75, 3.05) is 11.1 Å². The van der Waals surface area contributed by atoms with Crippen molar-refractivity contribution in [2.45, 2.75) is 31.9 Å². The first-order chi connectivity index (χ1) is 13.7. The molecule has 0 radical (unpaired) electrons. The highest BCUT2D eigenvalue weighted by Crippen LogP contribution is 2.21. The van der Waals surface area contributed by atoms with E-state index < -0.39 is 18.0 Å². The van der Waals surface area contributed by atoms with Gasteiger partial charge in [-0.2, -0.15) is 5.26 Å². The Kier molecular flexibility index (Phi) is 7.33. The van der Waals surface area contributed by atoms with Gasteiger partial charge in [0.1, 0.15) is 6.07 Å². The van der Waals surface area contributed by atoms with Crippen molar-refractivity contribution in [3.05, 3.63) is 57.4 Å². The summed E-state index contributed by atoms with van der Waals surface area (Å²) >= 11 is 0.943. The summed E-state index contributed by atoms with van der Waals surface area (Å²) in [5.41, 5.74) is 1.08. The minimum absolute atomic E-state index is 0.199. The second kappa shape index (κ2) is 9.71. The van der Waals surface area contributed by atoms with Crippen LogP contribution < -0.4 is 10.9 Å². The van der Waals surface area contributed by atoms with Crippen LogP contribution in [0.1, 0.15) is 35.3 Å². The molecule has 1 amide bonds. The van der Waals surface area contributed by atoms with Gasteiger partial charge in [-0.05, 0) is 38.5 Å². The topological polar surface area (TPSA) is 129 Å². The van der Waals surface area contributed by atoms with Gasteiger partial charge in [0.15, 0.2) is 11.9 Å². The van der Waals surface area contributed by atoms with E-state index in [1.165, 1.54) is 19.9 Å². The molecule has 1 heterocycles. The zero-order chi connectivity index (χ0) is 21.6. The number of nitrogens with one attached hydrogen (secondary N) is 2. The number of hydrogen-bond acceptors (Lipinski definition) is 7. The molecule has 0 aliphatic rings. The average molecular weight is 413 g/mol. The van der Waals surface area contributed by atoms with E-state index in [-0.39, 0.29) is 27.7 Å². The van der Waals surface area contributed by atoms with Crippen LogP contribution in [0.2, 0.25) is 0 Å². The number of thioether (sulfide) groups is 1. The first-order valence-electron chi connectivity index (χ1n) is 8.60. The van der Waals surface area contributed by atoms with Gasteiger partial charge < -0.3 is 15.0 Å². The Bertz CT molecular complexity index is 1050. The van der Waals surface area contributed by atoms with E-state index in [2.05, 4.69) is 10.3 Å². The number of rotatable bonds is 7. The Morgan fingerprint density at radius 2 is 2.00 bits per heavy atom. The highest BCUT2D eigenvalue weighted by Gasteiger charge is 2.20. The number of esters is 1. The molecule has 0 saturated carbocycles. The van der Waals surface area contributed by atoms with Crippen LogP contribution in [0.15, 0.2) is 40.2 Å². The van der Waals surface area contributed by atoms with Gasteiger partial charge in [-0.25, -0.2) is 0 Å². The fourth-order valence-electron chi connectivity index (χ4n) is 2.45. The molecule has 2 rings (SSSR count). The molecule has 1 aromatic heterocycles. The number of pyridine rings is 1. The van der Waals surface area contributed by atoms with Gasteiger partial charge in [0.25, 0.3) is 5.91 Å². The zero-order valence-corrected chi connectivity index (χ0v) is 16.9. The number of nitriles is 1. The lowest BCUT2D eigenvalue weighted by Crippen LogP contribution is -2.31. The molecular formula is C20H19N3O5S. The van der Waals surface area contributed by atoms with Crippen LogP contribution in [0.3, 0.4) is 0 Å². The number of nitrogens with zero attached hydrogens (tertiary/aromatic N) is 1. The van der Waals surface area contributed by atoms with Crippen molar-refractivity contribution >= 4 is 35.1 Å². The fourth-order valence-corrected chi connectivity index (χ4v) is 3.31. The number of hydrogen-bond donors (Lipinski definition) is 2. The molecule has 0 fully saturated rings. The Morgan fingerprint density at radius 3 is 2.66 bits per heavy atom. The van der Waals surface area contributed by atoms with Crippen LogP contribution in [-0.2, 0) is 14.3 Å². The maximum Gasteiger partial charge on any atom is 0.317 e. The molecule has 2 aromatic rings. The molecule has 1 aromatic carbocycles. The standard InChI is InChI=1S/C20H19N3O5S/c1-11-8-17(25)23-20(15(11)9-21)29-10-18(26)28-13(3)19(27)22-16-7-5-4-6-14(16)12(2)24/h4-8,13H,10H2,1-3H3,(H,22,27)(H,23,25)/t13-/m1/s1. The van der Waals surface area contributed by atoms with E-state index in [9.17, 15) is 24.4 Å². The SMILES string of the molecule is CC(=O)c1ccccc1NC(=O)[C@@H](C)OC(=O)CSc1[nH]c(=O)cc(C)c1C#N. The minimum Gasteiger partial charge on any atom is -0.452 e. The lowest BCUT2D eigenvalue weighted by molar-refractivity contribution is -0.150. The third kappa shape index (κ3) is 5.80. The van der Waals surface area contributed by atoms with Crippen molar-refractivity contribution < 1.29 is 19.1 Å². The van der Waals surface area contributed by atoms with Gasteiger partial charge in [-0.15, -0.1) is 0 Å². The molecule has 0 bridgehead atoms. The van der Waals surface area contributed by atoms with E-state index in [1.807, 2.05) is 6.07 Å². The molecule has 0 spiro atoms. The zero-order valence-electron chi connectivity index (χ0n) is 16.1. The number of benzene rings is 1. The van der Waals surface area contributed by atoms with Gasteiger partial charge >= 0.3 is 5.97 Å². The van der Waals surface area contributed by atoms with Gasteiger partial charge in [0.05, 0.1) is 22.0 Å². The first kappa shape index (κ1) is 21.9. The lowest BCUT2D eigenvalue weighted by atomic mass is 10.1. The van der Waals surface area contributed by atoms with E-state index in [1.54, 1.807) is 31.2 Å². The largest absolute Gasteiger partial charge is 0.452 e. The van der Waals surface area contributed by atoms with Crippen molar-refractivity contribution in [1.82, 2.24) is 4.98 Å². The first-order valence-corrected chi connectivity index (χ1v) is 9.58. The summed E-state index contributed by atoms with van der Waals surface area (Å²) in [6.45, 7) is 4.42. The van der Waals surface area contributed by atoms with Crippen molar-refractivity contribution in [3.63, 3.8) is 0 Å². The second-order valence-corrected chi connectivity index (χ2v) is 7.13. The molecule has 29 heavy (non-hydrogen) atoms. The highest BCUT2D eigenvalue weighted by molar-refractivity contribution is 7.99. The second-order valence-electron chi connectivity index (χ2n) is 6.14. The predicted molar refractivity (Wildman–Crippen MR) is 108 cm³/mol. The summed E-state index contributed by atoms with van der Waals surface area (Å²) in [6.07, 6.45) is -1.10. The Hall–Kier alpha value is -3.38. The molecule has 9 heteroatoms. The molecule has 0 saturated heterocycles. The van der Waals surface area contributed by atoms with Crippen LogP contribution in [0, 0.1) is 18.3 Å². The molecular weight excluding hydrogens is 394 g/mol. The number of Topliss-reactive ketones (excluding diaryl/α,β-unsaturated/α-hetero) is 1. The Morgan fingerprint density at radius 1 is 1.31 bits per heavy atom. The number of H-pyrrole nitrogens is 1. The third-order valence-corrected chi connectivity index (χ3v) is 4.87. The van der Waals surface area contributed by atoms with Crippen LogP contribution >= 0.6 is 11.8 Å². The maximum absolute atomic E-state index is 12.3.